The summed E-state index contributed by atoms with van der Waals surface area (Å²) in [4.78, 5) is 15.4. The first-order valence-corrected chi connectivity index (χ1v) is 13.6. The number of nitrogens with zero attached hydrogens (tertiary/aromatic N) is 4. The van der Waals surface area contributed by atoms with Crippen molar-refractivity contribution in [3.05, 3.63) is 108 Å². The molecule has 194 valence electrons. The second-order valence-electron chi connectivity index (χ2n) is 10.2. The number of hydrogen-bond donors (Lipinski definition) is 2. The van der Waals surface area contributed by atoms with Crippen LogP contribution in [0, 0.1) is 0 Å². The molecule has 0 amide bonds. The number of rotatable bonds is 6. The Balaban J connectivity index is 1.20. The van der Waals surface area contributed by atoms with Crippen LogP contribution < -0.4 is 15.1 Å². The highest BCUT2D eigenvalue weighted by molar-refractivity contribution is 6.15. The average Bonchev–Trinajstić information content (AvgIpc) is 3.45. The molecule has 0 saturated carbocycles. The van der Waals surface area contributed by atoms with Crippen molar-refractivity contribution in [2.24, 2.45) is 5.10 Å². The third kappa shape index (κ3) is 4.72. The van der Waals surface area contributed by atoms with Crippen LogP contribution in [0.2, 0.25) is 0 Å². The average molecular weight is 515 g/mol. The van der Waals surface area contributed by atoms with E-state index in [1.807, 2.05) is 36.7 Å². The standard InChI is InChI=1S/C32H30N6O/c1-3-8-22(9-4-1)21-39-25-14-23(17-33-19-25)24-15-27-30(34-18-24)20-35-37-32(27)29-16-26-28(36-29)10-7-11-31(26)38-12-5-2-6-13-38/h1,3-4,7-11,14-19,35-36H,2,5-6,12-13,20-21H2. The fraction of sp³-hybridized carbons (Fsp3) is 0.219. The van der Waals surface area contributed by atoms with Crippen LogP contribution in [0.25, 0.3) is 22.0 Å². The maximum atomic E-state index is 6.03. The van der Waals surface area contributed by atoms with E-state index in [-0.39, 0.29) is 0 Å². The molecule has 7 nitrogen and oxygen atoms in total. The lowest BCUT2D eigenvalue weighted by atomic mass is 9.99. The number of hydrazone groups is 1. The van der Waals surface area contributed by atoms with Gasteiger partial charge in [-0.25, -0.2) is 0 Å². The molecule has 5 heterocycles. The number of H-pyrrole nitrogens is 1. The van der Waals surface area contributed by atoms with E-state index in [9.17, 15) is 0 Å². The van der Waals surface area contributed by atoms with Crippen LogP contribution in [0.3, 0.4) is 0 Å². The van der Waals surface area contributed by atoms with Gasteiger partial charge in [0.15, 0.2) is 0 Å². The second-order valence-corrected chi connectivity index (χ2v) is 10.2. The number of aromatic nitrogens is 3. The van der Waals surface area contributed by atoms with Gasteiger partial charge in [-0.2, -0.15) is 5.10 Å². The Morgan fingerprint density at radius 3 is 2.62 bits per heavy atom. The molecule has 5 aromatic rings. The summed E-state index contributed by atoms with van der Waals surface area (Å²) in [5.41, 5.74) is 12.5. The first kappa shape index (κ1) is 23.5. The molecular formula is C32H30N6O. The summed E-state index contributed by atoms with van der Waals surface area (Å²) in [6.07, 6.45) is 9.32. The van der Waals surface area contributed by atoms with Gasteiger partial charge < -0.3 is 20.0 Å². The molecule has 0 unspecified atom stereocenters. The third-order valence-corrected chi connectivity index (χ3v) is 7.55. The second kappa shape index (κ2) is 10.3. The van der Waals surface area contributed by atoms with Gasteiger partial charge in [0.2, 0.25) is 0 Å². The number of nitrogens with one attached hydrogen (secondary N) is 2. The predicted octanol–water partition coefficient (Wildman–Crippen LogP) is 6.05. The lowest BCUT2D eigenvalue weighted by molar-refractivity contribution is 0.305. The minimum absolute atomic E-state index is 0.497. The van der Waals surface area contributed by atoms with Crippen molar-refractivity contribution in [2.75, 3.05) is 18.0 Å². The topological polar surface area (TPSA) is 78.4 Å². The monoisotopic (exact) mass is 514 g/mol. The molecule has 7 heteroatoms. The lowest BCUT2D eigenvalue weighted by Gasteiger charge is -2.29. The smallest absolute Gasteiger partial charge is 0.138 e. The van der Waals surface area contributed by atoms with Crippen LogP contribution in [0.1, 0.15) is 41.8 Å². The summed E-state index contributed by atoms with van der Waals surface area (Å²) in [6, 6.07) is 23.1. The molecule has 1 saturated heterocycles. The van der Waals surface area contributed by atoms with Crippen LogP contribution in [-0.4, -0.2) is 33.8 Å². The van der Waals surface area contributed by atoms with Gasteiger partial charge in [-0.05, 0) is 55.2 Å². The summed E-state index contributed by atoms with van der Waals surface area (Å²) in [7, 11) is 0. The van der Waals surface area contributed by atoms with E-state index < -0.39 is 0 Å². The maximum Gasteiger partial charge on any atom is 0.138 e. The molecule has 0 radical (unpaired) electrons. The minimum Gasteiger partial charge on any atom is -0.487 e. The summed E-state index contributed by atoms with van der Waals surface area (Å²) < 4.78 is 6.03. The molecule has 2 aliphatic heterocycles. The van der Waals surface area contributed by atoms with Gasteiger partial charge in [-0.15, -0.1) is 0 Å². The Hall–Kier alpha value is -4.65. The van der Waals surface area contributed by atoms with Gasteiger partial charge in [0, 0.05) is 58.8 Å². The molecule has 0 atom stereocenters. The van der Waals surface area contributed by atoms with Crippen molar-refractivity contribution in [1.82, 2.24) is 20.4 Å². The molecule has 2 aromatic carbocycles. The van der Waals surface area contributed by atoms with Gasteiger partial charge >= 0.3 is 0 Å². The first-order valence-electron chi connectivity index (χ1n) is 13.6. The lowest BCUT2D eigenvalue weighted by Crippen LogP contribution is -2.29. The van der Waals surface area contributed by atoms with Crippen molar-refractivity contribution in [3.63, 3.8) is 0 Å². The number of aromatic amines is 1. The Morgan fingerprint density at radius 1 is 0.846 bits per heavy atom. The van der Waals surface area contributed by atoms with Crippen LogP contribution in [-0.2, 0) is 13.2 Å². The van der Waals surface area contributed by atoms with Crippen LogP contribution in [0.5, 0.6) is 5.75 Å². The number of ether oxygens (including phenoxy) is 1. The van der Waals surface area contributed by atoms with Crippen molar-refractivity contribution in [3.8, 4) is 16.9 Å². The Bertz CT molecular complexity index is 1650. The predicted molar refractivity (Wildman–Crippen MR) is 155 cm³/mol. The van der Waals surface area contributed by atoms with Crippen molar-refractivity contribution < 1.29 is 4.74 Å². The molecule has 0 bridgehead atoms. The number of benzene rings is 2. The third-order valence-electron chi connectivity index (χ3n) is 7.55. The van der Waals surface area contributed by atoms with E-state index in [1.165, 1.54) is 30.3 Å². The summed E-state index contributed by atoms with van der Waals surface area (Å²) in [5, 5.41) is 5.97. The van der Waals surface area contributed by atoms with Crippen LogP contribution in [0.4, 0.5) is 5.69 Å². The van der Waals surface area contributed by atoms with Gasteiger partial charge in [-0.3, -0.25) is 9.97 Å². The zero-order valence-corrected chi connectivity index (χ0v) is 21.7. The Labute approximate surface area is 227 Å². The Kier molecular flexibility index (Phi) is 6.17. The van der Waals surface area contributed by atoms with E-state index in [0.717, 1.165) is 63.7 Å². The minimum atomic E-state index is 0.497. The number of pyridine rings is 2. The number of anilines is 1. The van der Waals surface area contributed by atoms with Crippen molar-refractivity contribution in [2.45, 2.75) is 32.4 Å². The molecule has 0 spiro atoms. The highest BCUT2D eigenvalue weighted by atomic mass is 16.5. The van der Waals surface area contributed by atoms with E-state index in [1.54, 1.807) is 6.20 Å². The van der Waals surface area contributed by atoms with E-state index in [2.05, 4.69) is 62.8 Å². The van der Waals surface area contributed by atoms with Gasteiger partial charge in [0.05, 0.1) is 24.1 Å². The van der Waals surface area contributed by atoms with Crippen LogP contribution in [0.15, 0.2) is 90.4 Å². The van der Waals surface area contributed by atoms with E-state index in [4.69, 9.17) is 14.8 Å². The molecule has 2 aliphatic rings. The zero-order valence-electron chi connectivity index (χ0n) is 21.7. The molecule has 1 fully saturated rings. The molecule has 39 heavy (non-hydrogen) atoms. The maximum absolute atomic E-state index is 6.03. The highest BCUT2D eigenvalue weighted by Crippen LogP contribution is 2.32. The normalized spacial score (nSPS) is 15.0. The number of hydrogen-bond acceptors (Lipinski definition) is 6. The Morgan fingerprint density at radius 2 is 1.72 bits per heavy atom. The molecule has 3 aromatic heterocycles. The summed E-state index contributed by atoms with van der Waals surface area (Å²) in [6.45, 7) is 3.31. The van der Waals surface area contributed by atoms with Gasteiger partial charge in [0.25, 0.3) is 0 Å². The fourth-order valence-electron chi connectivity index (χ4n) is 5.53. The molecule has 2 N–H and O–H groups in total. The van der Waals surface area contributed by atoms with Crippen molar-refractivity contribution in [1.29, 1.82) is 0 Å². The zero-order chi connectivity index (χ0) is 26.0. The fourth-order valence-corrected chi connectivity index (χ4v) is 5.53. The number of fused-ring (bicyclic) bond motifs is 2. The van der Waals surface area contributed by atoms with Gasteiger partial charge in [0.1, 0.15) is 18.1 Å². The largest absolute Gasteiger partial charge is 0.487 e. The molecule has 0 aliphatic carbocycles. The van der Waals surface area contributed by atoms with Crippen molar-refractivity contribution >= 4 is 22.3 Å². The number of piperidine rings is 1. The van der Waals surface area contributed by atoms with Crippen LogP contribution >= 0.6 is 0 Å². The first-order chi connectivity index (χ1) is 19.3. The SMILES string of the molecule is c1ccc(COc2cncc(-c3cnc4c(c3)C(c3cc5c(N6CCCCC6)cccc5[nH]3)=NNC4)c2)cc1. The van der Waals surface area contributed by atoms with E-state index in [0.29, 0.717) is 13.2 Å². The van der Waals surface area contributed by atoms with E-state index >= 15 is 0 Å². The summed E-state index contributed by atoms with van der Waals surface area (Å²) in [5.74, 6) is 0.727. The summed E-state index contributed by atoms with van der Waals surface area (Å²) >= 11 is 0. The quantitative estimate of drug-likeness (QED) is 0.288. The van der Waals surface area contributed by atoms with Gasteiger partial charge in [-0.1, -0.05) is 36.4 Å². The molecule has 7 rings (SSSR count). The molecular weight excluding hydrogens is 484 g/mol. The highest BCUT2D eigenvalue weighted by Gasteiger charge is 2.22.